The minimum atomic E-state index is -0.581. The molecule has 18 heavy (non-hydrogen) atoms. The van der Waals surface area contributed by atoms with Crippen LogP contribution in [0.5, 0.6) is 5.75 Å². The molecule has 1 saturated heterocycles. The van der Waals surface area contributed by atoms with Gasteiger partial charge in [-0.3, -0.25) is 0 Å². The van der Waals surface area contributed by atoms with Crippen LogP contribution in [0.25, 0.3) is 0 Å². The number of thioether (sulfide) groups is 1. The third-order valence-corrected chi connectivity index (χ3v) is 4.71. The lowest BCUT2D eigenvalue weighted by Crippen LogP contribution is -2.41. The van der Waals surface area contributed by atoms with Gasteiger partial charge in [-0.1, -0.05) is 25.1 Å². The Labute approximate surface area is 113 Å². The molecule has 0 spiro atoms. The molecule has 1 aliphatic heterocycles. The van der Waals surface area contributed by atoms with Crippen LogP contribution >= 0.6 is 11.8 Å². The maximum absolute atomic E-state index is 10.3. The molecule has 3 N–H and O–H groups in total. The molecule has 2 unspecified atom stereocenters. The summed E-state index contributed by atoms with van der Waals surface area (Å²) in [5.41, 5.74) is 0.330. The van der Waals surface area contributed by atoms with E-state index in [2.05, 4.69) is 12.2 Å². The highest BCUT2D eigenvalue weighted by Crippen LogP contribution is 2.30. The first kappa shape index (κ1) is 13.7. The molecule has 0 aromatic heterocycles. The summed E-state index contributed by atoms with van der Waals surface area (Å²) in [5.74, 6) is 2.16. The first-order valence-electron chi connectivity index (χ1n) is 6.46. The number of aromatic hydroxyl groups is 1. The van der Waals surface area contributed by atoms with Gasteiger partial charge in [0.1, 0.15) is 5.75 Å². The van der Waals surface area contributed by atoms with Gasteiger partial charge in [-0.05, 0) is 24.7 Å². The molecule has 100 valence electrons. The molecular weight excluding hydrogens is 246 g/mol. The predicted molar refractivity (Wildman–Crippen MR) is 76.0 cm³/mol. The molecule has 1 aromatic rings. The van der Waals surface area contributed by atoms with Gasteiger partial charge in [-0.25, -0.2) is 0 Å². The molecule has 0 aliphatic carbocycles. The van der Waals surface area contributed by atoms with Crippen LogP contribution in [0, 0.1) is 0 Å². The summed E-state index contributed by atoms with van der Waals surface area (Å²) in [6, 6.07) is 7.50. The van der Waals surface area contributed by atoms with Crippen molar-refractivity contribution in [1.29, 1.82) is 0 Å². The summed E-state index contributed by atoms with van der Waals surface area (Å²) in [4.78, 5) is 0. The fraction of sp³-hybridized carbons (Fsp3) is 0.571. The number of phenols is 1. The van der Waals surface area contributed by atoms with Crippen LogP contribution in [0.15, 0.2) is 24.3 Å². The van der Waals surface area contributed by atoms with Crippen molar-refractivity contribution < 1.29 is 10.2 Å². The SMILES string of the molecule is CCC(NCC1(O)CCSC1)c1ccccc1O. The predicted octanol–water partition coefficient (Wildman–Crippen LogP) is 2.30. The van der Waals surface area contributed by atoms with Gasteiger partial charge in [0, 0.05) is 23.9 Å². The van der Waals surface area contributed by atoms with Crippen LogP contribution in [0.4, 0.5) is 0 Å². The van der Waals surface area contributed by atoms with Gasteiger partial charge in [0.15, 0.2) is 0 Å². The number of para-hydroxylation sites is 1. The Balaban J connectivity index is 1.99. The van der Waals surface area contributed by atoms with E-state index in [1.807, 2.05) is 18.2 Å². The number of hydrogen-bond donors (Lipinski definition) is 3. The summed E-state index contributed by atoms with van der Waals surface area (Å²) in [5, 5.41) is 23.6. The van der Waals surface area contributed by atoms with E-state index in [0.29, 0.717) is 12.3 Å². The van der Waals surface area contributed by atoms with E-state index in [1.165, 1.54) is 0 Å². The zero-order chi connectivity index (χ0) is 13.0. The molecule has 2 atom stereocenters. The second kappa shape index (κ2) is 5.95. The number of nitrogens with one attached hydrogen (secondary N) is 1. The van der Waals surface area contributed by atoms with E-state index in [1.54, 1.807) is 17.8 Å². The molecule has 1 aliphatic rings. The zero-order valence-corrected chi connectivity index (χ0v) is 11.5. The molecule has 2 rings (SSSR count). The quantitative estimate of drug-likeness (QED) is 0.766. The third-order valence-electron chi connectivity index (χ3n) is 3.48. The van der Waals surface area contributed by atoms with Gasteiger partial charge >= 0.3 is 0 Å². The van der Waals surface area contributed by atoms with E-state index in [-0.39, 0.29) is 6.04 Å². The number of benzene rings is 1. The smallest absolute Gasteiger partial charge is 0.120 e. The van der Waals surface area contributed by atoms with Gasteiger partial charge in [-0.2, -0.15) is 11.8 Å². The highest BCUT2D eigenvalue weighted by atomic mass is 32.2. The van der Waals surface area contributed by atoms with Crippen LogP contribution < -0.4 is 5.32 Å². The first-order chi connectivity index (χ1) is 8.64. The average Bonchev–Trinajstić information content (AvgIpc) is 2.79. The Kier molecular flexibility index (Phi) is 4.54. The van der Waals surface area contributed by atoms with Crippen molar-refractivity contribution in [2.75, 3.05) is 18.1 Å². The minimum Gasteiger partial charge on any atom is -0.508 e. The van der Waals surface area contributed by atoms with Crippen molar-refractivity contribution in [3.05, 3.63) is 29.8 Å². The second-order valence-corrected chi connectivity index (χ2v) is 6.03. The second-order valence-electron chi connectivity index (χ2n) is 4.93. The lowest BCUT2D eigenvalue weighted by molar-refractivity contribution is 0.0642. The van der Waals surface area contributed by atoms with Crippen LogP contribution in [-0.4, -0.2) is 33.9 Å². The molecule has 3 nitrogen and oxygen atoms in total. The van der Waals surface area contributed by atoms with Crippen LogP contribution in [0.2, 0.25) is 0 Å². The van der Waals surface area contributed by atoms with Crippen molar-refractivity contribution in [2.24, 2.45) is 0 Å². The highest BCUT2D eigenvalue weighted by Gasteiger charge is 2.32. The zero-order valence-electron chi connectivity index (χ0n) is 10.7. The summed E-state index contributed by atoms with van der Waals surface area (Å²) in [6.45, 7) is 2.67. The molecule has 0 radical (unpaired) electrons. The summed E-state index contributed by atoms with van der Waals surface area (Å²) in [7, 11) is 0. The summed E-state index contributed by atoms with van der Waals surface area (Å²) in [6.07, 6.45) is 1.74. The van der Waals surface area contributed by atoms with E-state index in [0.717, 1.165) is 29.9 Å². The molecule has 1 aromatic carbocycles. The summed E-state index contributed by atoms with van der Waals surface area (Å²) >= 11 is 1.80. The Bertz CT molecular complexity index is 391. The minimum absolute atomic E-state index is 0.0980. The Morgan fingerprint density at radius 1 is 1.44 bits per heavy atom. The third kappa shape index (κ3) is 3.19. The van der Waals surface area contributed by atoms with Gasteiger partial charge < -0.3 is 15.5 Å². The standard InChI is InChI=1S/C14H21NO2S/c1-2-12(11-5-3-4-6-13(11)16)15-9-14(17)7-8-18-10-14/h3-6,12,15-17H,2,7-10H2,1H3. The van der Waals surface area contributed by atoms with Crippen molar-refractivity contribution in [1.82, 2.24) is 5.32 Å². The molecular formula is C14H21NO2S. The summed E-state index contributed by atoms with van der Waals surface area (Å²) < 4.78 is 0. The largest absolute Gasteiger partial charge is 0.508 e. The number of rotatable bonds is 5. The molecule has 4 heteroatoms. The van der Waals surface area contributed by atoms with Crippen LogP contribution in [-0.2, 0) is 0 Å². The monoisotopic (exact) mass is 267 g/mol. The van der Waals surface area contributed by atoms with Crippen molar-refractivity contribution in [3.8, 4) is 5.75 Å². The fourth-order valence-electron chi connectivity index (χ4n) is 2.31. The van der Waals surface area contributed by atoms with Gasteiger partial charge in [0.2, 0.25) is 0 Å². The molecule has 1 heterocycles. The normalized spacial score (nSPS) is 25.2. The van der Waals surface area contributed by atoms with Gasteiger partial charge in [-0.15, -0.1) is 0 Å². The average molecular weight is 267 g/mol. The van der Waals surface area contributed by atoms with E-state index in [9.17, 15) is 10.2 Å². The molecule has 1 fully saturated rings. The lowest BCUT2D eigenvalue weighted by atomic mass is 10.00. The molecule has 0 bridgehead atoms. The van der Waals surface area contributed by atoms with Crippen molar-refractivity contribution in [2.45, 2.75) is 31.4 Å². The van der Waals surface area contributed by atoms with Crippen molar-refractivity contribution in [3.63, 3.8) is 0 Å². The Hall–Kier alpha value is -0.710. The number of hydrogen-bond acceptors (Lipinski definition) is 4. The number of phenolic OH excluding ortho intramolecular Hbond substituents is 1. The Morgan fingerprint density at radius 3 is 2.83 bits per heavy atom. The van der Waals surface area contributed by atoms with E-state index in [4.69, 9.17) is 0 Å². The fourth-order valence-corrected chi connectivity index (χ4v) is 3.60. The van der Waals surface area contributed by atoms with Crippen LogP contribution in [0.1, 0.15) is 31.4 Å². The maximum Gasteiger partial charge on any atom is 0.120 e. The van der Waals surface area contributed by atoms with Gasteiger partial charge in [0.05, 0.1) is 5.60 Å². The highest BCUT2D eigenvalue weighted by molar-refractivity contribution is 7.99. The van der Waals surface area contributed by atoms with Gasteiger partial charge in [0.25, 0.3) is 0 Å². The topological polar surface area (TPSA) is 52.5 Å². The molecule has 0 saturated carbocycles. The Morgan fingerprint density at radius 2 is 2.22 bits per heavy atom. The van der Waals surface area contributed by atoms with E-state index >= 15 is 0 Å². The van der Waals surface area contributed by atoms with Crippen molar-refractivity contribution >= 4 is 11.8 Å². The maximum atomic E-state index is 10.3. The lowest BCUT2D eigenvalue weighted by Gasteiger charge is -2.26. The van der Waals surface area contributed by atoms with E-state index < -0.39 is 5.60 Å². The van der Waals surface area contributed by atoms with Crippen LogP contribution in [0.3, 0.4) is 0 Å². The number of aliphatic hydroxyl groups is 1. The first-order valence-corrected chi connectivity index (χ1v) is 7.61. The molecule has 0 amide bonds.